The lowest BCUT2D eigenvalue weighted by atomic mass is 9.98. The van der Waals surface area contributed by atoms with E-state index in [4.69, 9.17) is 11.6 Å². The zero-order chi connectivity index (χ0) is 15.0. The number of carbonyl (C=O) groups excluding carboxylic acids is 2. The number of benzene rings is 1. The largest absolute Gasteiger partial charge is 0.387 e. The molecule has 6 heteroatoms. The summed E-state index contributed by atoms with van der Waals surface area (Å²) < 4.78 is 0. The Labute approximate surface area is 127 Å². The summed E-state index contributed by atoms with van der Waals surface area (Å²) in [5, 5.41) is 13.6. The smallest absolute Gasteiger partial charge is 0.325 e. The molecule has 1 aliphatic carbocycles. The number of halogens is 1. The molecule has 21 heavy (non-hydrogen) atoms. The molecule has 0 bridgehead atoms. The number of rotatable bonds is 3. The first kappa shape index (κ1) is 14.4. The first-order valence-electron chi connectivity index (χ1n) is 7.09. The van der Waals surface area contributed by atoms with E-state index < -0.39 is 17.7 Å². The molecule has 0 radical (unpaired) electrons. The van der Waals surface area contributed by atoms with Crippen molar-refractivity contribution in [3.05, 3.63) is 34.9 Å². The van der Waals surface area contributed by atoms with Crippen molar-refractivity contribution < 1.29 is 14.7 Å². The molecule has 1 aromatic carbocycles. The van der Waals surface area contributed by atoms with Crippen LogP contribution < -0.4 is 5.32 Å². The number of nitrogens with zero attached hydrogens (tertiary/aromatic N) is 1. The molecule has 0 aromatic heterocycles. The minimum atomic E-state index is -0.909. The van der Waals surface area contributed by atoms with Gasteiger partial charge in [-0.2, -0.15) is 0 Å². The number of hydrogen-bond acceptors (Lipinski definition) is 3. The molecule has 2 aliphatic rings. The van der Waals surface area contributed by atoms with Gasteiger partial charge in [-0.3, -0.25) is 9.69 Å². The van der Waals surface area contributed by atoms with Crippen molar-refractivity contribution in [1.29, 1.82) is 0 Å². The fourth-order valence-electron chi connectivity index (χ4n) is 3.12. The molecule has 3 amide bonds. The Morgan fingerprint density at radius 3 is 2.48 bits per heavy atom. The third-order valence-corrected chi connectivity index (χ3v) is 4.57. The van der Waals surface area contributed by atoms with Crippen molar-refractivity contribution in [2.75, 3.05) is 6.54 Å². The van der Waals surface area contributed by atoms with Gasteiger partial charge >= 0.3 is 6.03 Å². The van der Waals surface area contributed by atoms with E-state index in [0.29, 0.717) is 23.4 Å². The molecule has 1 spiro atoms. The van der Waals surface area contributed by atoms with E-state index in [1.807, 2.05) is 0 Å². The van der Waals surface area contributed by atoms with Gasteiger partial charge in [0.1, 0.15) is 5.54 Å². The summed E-state index contributed by atoms with van der Waals surface area (Å²) in [5.74, 6) is -0.210. The summed E-state index contributed by atoms with van der Waals surface area (Å²) in [5.41, 5.74) is -0.0936. The van der Waals surface area contributed by atoms with Gasteiger partial charge in [0, 0.05) is 5.02 Å². The Hall–Kier alpha value is -1.59. The number of aliphatic hydroxyl groups is 1. The van der Waals surface area contributed by atoms with Gasteiger partial charge in [-0.15, -0.1) is 0 Å². The molecule has 112 valence electrons. The number of amides is 3. The predicted molar refractivity (Wildman–Crippen MR) is 77.9 cm³/mol. The number of carbonyl (C=O) groups is 2. The third-order valence-electron chi connectivity index (χ3n) is 4.31. The van der Waals surface area contributed by atoms with Gasteiger partial charge in [0.15, 0.2) is 0 Å². The molecule has 1 aromatic rings. The Bertz CT molecular complexity index is 567. The van der Waals surface area contributed by atoms with E-state index in [-0.39, 0.29) is 12.5 Å². The molecule has 1 saturated heterocycles. The second-order valence-electron chi connectivity index (χ2n) is 5.70. The maximum atomic E-state index is 12.5. The Balaban J connectivity index is 1.74. The van der Waals surface area contributed by atoms with E-state index >= 15 is 0 Å². The quantitative estimate of drug-likeness (QED) is 0.841. The van der Waals surface area contributed by atoms with Crippen LogP contribution in [0.25, 0.3) is 0 Å². The molecular formula is C15H17ClN2O3. The van der Waals surface area contributed by atoms with E-state index in [0.717, 1.165) is 17.7 Å². The molecule has 2 N–H and O–H groups in total. The van der Waals surface area contributed by atoms with Crippen molar-refractivity contribution in [1.82, 2.24) is 10.2 Å². The topological polar surface area (TPSA) is 69.6 Å². The molecule has 1 heterocycles. The van der Waals surface area contributed by atoms with Crippen molar-refractivity contribution in [3.8, 4) is 0 Å². The van der Waals surface area contributed by atoms with Crippen molar-refractivity contribution in [3.63, 3.8) is 0 Å². The molecule has 1 atom stereocenters. The normalized spacial score (nSPS) is 21.9. The van der Waals surface area contributed by atoms with Crippen LogP contribution in [-0.4, -0.2) is 34.0 Å². The van der Waals surface area contributed by atoms with Crippen molar-refractivity contribution in [2.45, 2.75) is 37.3 Å². The van der Waals surface area contributed by atoms with Crippen LogP contribution in [-0.2, 0) is 4.79 Å². The summed E-state index contributed by atoms with van der Waals surface area (Å²) in [6, 6.07) is 6.32. The van der Waals surface area contributed by atoms with Gasteiger partial charge in [0.2, 0.25) is 0 Å². The zero-order valence-electron chi connectivity index (χ0n) is 11.5. The number of β-amino-alcohol motifs (C(OH)–C–C–N with tert-alkyl or cyclic N) is 1. The van der Waals surface area contributed by atoms with Crippen molar-refractivity contribution >= 4 is 23.5 Å². The Morgan fingerprint density at radius 1 is 1.24 bits per heavy atom. The monoisotopic (exact) mass is 308 g/mol. The molecular weight excluding hydrogens is 292 g/mol. The Morgan fingerprint density at radius 2 is 1.86 bits per heavy atom. The van der Waals surface area contributed by atoms with Gasteiger partial charge < -0.3 is 10.4 Å². The van der Waals surface area contributed by atoms with E-state index in [2.05, 4.69) is 5.32 Å². The molecule has 1 aliphatic heterocycles. The lowest BCUT2D eigenvalue weighted by Crippen LogP contribution is -2.44. The summed E-state index contributed by atoms with van der Waals surface area (Å²) >= 11 is 5.80. The maximum Gasteiger partial charge on any atom is 0.325 e. The average Bonchev–Trinajstić information content (AvgIpc) is 3.01. The minimum absolute atomic E-state index is 0.0337. The summed E-state index contributed by atoms with van der Waals surface area (Å²) in [6.45, 7) is -0.0337. The van der Waals surface area contributed by atoms with E-state index in [9.17, 15) is 14.7 Å². The standard InChI is InChI=1S/C15H17ClN2O3/c16-11-5-3-10(4-6-11)12(19)9-18-13(20)15(17-14(18)21)7-1-2-8-15/h3-6,12,19H,1-2,7-9H2,(H,17,21)/t12-/m1/s1. The number of aliphatic hydroxyl groups excluding tert-OH is 1. The van der Waals surface area contributed by atoms with Gasteiger partial charge in [-0.25, -0.2) is 4.79 Å². The highest BCUT2D eigenvalue weighted by Gasteiger charge is 2.52. The van der Waals surface area contributed by atoms with Crippen LogP contribution in [0.5, 0.6) is 0 Å². The molecule has 5 nitrogen and oxygen atoms in total. The van der Waals surface area contributed by atoms with Gasteiger partial charge in [0.05, 0.1) is 12.6 Å². The molecule has 2 fully saturated rings. The SMILES string of the molecule is O=C1NC2(CCCC2)C(=O)N1C[C@@H](O)c1ccc(Cl)cc1. The van der Waals surface area contributed by atoms with Gasteiger partial charge in [-0.05, 0) is 30.5 Å². The van der Waals surface area contributed by atoms with Crippen LogP contribution >= 0.6 is 11.6 Å². The minimum Gasteiger partial charge on any atom is -0.387 e. The van der Waals surface area contributed by atoms with E-state index in [1.54, 1.807) is 24.3 Å². The number of hydrogen-bond donors (Lipinski definition) is 2. The fourth-order valence-corrected chi connectivity index (χ4v) is 3.25. The molecule has 0 unspecified atom stereocenters. The average molecular weight is 309 g/mol. The summed E-state index contributed by atoms with van der Waals surface area (Å²) in [6.07, 6.45) is 2.35. The van der Waals surface area contributed by atoms with Crippen LogP contribution in [0, 0.1) is 0 Å². The number of urea groups is 1. The van der Waals surface area contributed by atoms with Crippen LogP contribution in [0.2, 0.25) is 5.02 Å². The summed E-state index contributed by atoms with van der Waals surface area (Å²) in [4.78, 5) is 25.6. The molecule has 3 rings (SSSR count). The first-order chi connectivity index (χ1) is 10.0. The highest BCUT2D eigenvalue weighted by Crippen LogP contribution is 2.35. The Kier molecular flexibility index (Phi) is 3.63. The second kappa shape index (κ2) is 5.31. The van der Waals surface area contributed by atoms with Crippen LogP contribution in [0.4, 0.5) is 4.79 Å². The predicted octanol–water partition coefficient (Wildman–Crippen LogP) is 2.24. The highest BCUT2D eigenvalue weighted by molar-refractivity contribution is 6.30. The summed E-state index contributed by atoms with van der Waals surface area (Å²) in [7, 11) is 0. The fraction of sp³-hybridized carbons (Fsp3) is 0.467. The first-order valence-corrected chi connectivity index (χ1v) is 7.47. The van der Waals surface area contributed by atoms with Crippen molar-refractivity contribution in [2.24, 2.45) is 0 Å². The van der Waals surface area contributed by atoms with Gasteiger partial charge in [-0.1, -0.05) is 36.6 Å². The highest BCUT2D eigenvalue weighted by atomic mass is 35.5. The van der Waals surface area contributed by atoms with Crippen LogP contribution in [0.3, 0.4) is 0 Å². The lowest BCUT2D eigenvalue weighted by Gasteiger charge is -2.21. The van der Waals surface area contributed by atoms with Crippen LogP contribution in [0.15, 0.2) is 24.3 Å². The maximum absolute atomic E-state index is 12.5. The number of nitrogens with one attached hydrogen (secondary N) is 1. The van der Waals surface area contributed by atoms with Gasteiger partial charge in [0.25, 0.3) is 5.91 Å². The lowest BCUT2D eigenvalue weighted by molar-refractivity contribution is -0.132. The third kappa shape index (κ3) is 2.51. The second-order valence-corrected chi connectivity index (χ2v) is 6.14. The van der Waals surface area contributed by atoms with E-state index in [1.165, 1.54) is 0 Å². The zero-order valence-corrected chi connectivity index (χ0v) is 12.3. The number of imide groups is 1. The van der Waals surface area contributed by atoms with Crippen LogP contribution in [0.1, 0.15) is 37.4 Å². The molecule has 1 saturated carbocycles.